The van der Waals surface area contributed by atoms with Crippen LogP contribution in [0.3, 0.4) is 0 Å². The highest BCUT2D eigenvalue weighted by molar-refractivity contribution is 7.89. The Morgan fingerprint density at radius 3 is 2.59 bits per heavy atom. The van der Waals surface area contributed by atoms with Gasteiger partial charge in [0.1, 0.15) is 11.5 Å². The van der Waals surface area contributed by atoms with Crippen molar-refractivity contribution in [1.82, 2.24) is 0 Å². The third kappa shape index (κ3) is 3.77. The summed E-state index contributed by atoms with van der Waals surface area (Å²) in [6.07, 6.45) is 0. The summed E-state index contributed by atoms with van der Waals surface area (Å²) in [6.45, 7) is 1.99. The van der Waals surface area contributed by atoms with E-state index >= 15 is 0 Å². The molecule has 1 heterocycles. The molecule has 1 rings (SSSR count). The second-order valence-electron chi connectivity index (χ2n) is 3.20. The lowest BCUT2D eigenvalue weighted by molar-refractivity contribution is 0.0393. The van der Waals surface area contributed by atoms with E-state index in [1.54, 1.807) is 6.92 Å². The van der Waals surface area contributed by atoms with Gasteiger partial charge >= 0.3 is 5.97 Å². The number of esters is 1. The first-order chi connectivity index (χ1) is 7.86. The van der Waals surface area contributed by atoms with Crippen molar-refractivity contribution >= 4 is 27.3 Å². The number of nitrogens with two attached hydrogens (primary N) is 1. The van der Waals surface area contributed by atoms with Crippen LogP contribution in [0.4, 0.5) is 0 Å². The summed E-state index contributed by atoms with van der Waals surface area (Å²) in [7, 11) is -2.31. The van der Waals surface area contributed by atoms with Crippen molar-refractivity contribution in [2.24, 2.45) is 5.14 Å². The van der Waals surface area contributed by atoms with Gasteiger partial charge in [-0.15, -0.1) is 11.3 Å². The van der Waals surface area contributed by atoms with Crippen LogP contribution in [0.25, 0.3) is 0 Å². The summed E-state index contributed by atoms with van der Waals surface area (Å²) in [5.74, 6) is -0.579. The van der Waals surface area contributed by atoms with Crippen molar-refractivity contribution in [3.8, 4) is 0 Å². The predicted octanol–water partition coefficient (Wildman–Crippen LogP) is 0.507. The lowest BCUT2D eigenvalue weighted by atomic mass is 10.4. The minimum Gasteiger partial charge on any atom is -0.459 e. The van der Waals surface area contributed by atoms with E-state index < -0.39 is 16.0 Å². The molecule has 0 amide bonds. The topological polar surface area (TPSA) is 95.7 Å². The number of sulfonamides is 1. The number of hydrogen-bond donors (Lipinski definition) is 1. The molecule has 6 nitrogen and oxygen atoms in total. The molecule has 17 heavy (non-hydrogen) atoms. The zero-order valence-corrected chi connectivity index (χ0v) is 11.1. The minimum absolute atomic E-state index is 0.0406. The summed E-state index contributed by atoms with van der Waals surface area (Å²) < 4.78 is 31.9. The van der Waals surface area contributed by atoms with Gasteiger partial charge in [-0.25, -0.2) is 18.4 Å². The maximum Gasteiger partial charge on any atom is 0.348 e. The SMILES string of the molecule is COCCOC(=O)c1cc(S(N)(=O)=O)c(C)s1. The van der Waals surface area contributed by atoms with Crippen LogP contribution < -0.4 is 5.14 Å². The second kappa shape index (κ2) is 5.58. The van der Waals surface area contributed by atoms with Gasteiger partial charge < -0.3 is 9.47 Å². The maximum atomic E-state index is 11.5. The molecular weight excluding hydrogens is 266 g/mol. The molecule has 0 unspecified atom stereocenters. The van der Waals surface area contributed by atoms with Crippen molar-refractivity contribution in [1.29, 1.82) is 0 Å². The monoisotopic (exact) mass is 279 g/mol. The summed E-state index contributed by atoms with van der Waals surface area (Å²) in [4.78, 5) is 12.1. The van der Waals surface area contributed by atoms with Crippen molar-refractivity contribution in [2.75, 3.05) is 20.3 Å². The Kier molecular flexibility index (Phi) is 4.63. The number of aryl methyl sites for hydroxylation is 1. The summed E-state index contributed by atoms with van der Waals surface area (Å²) in [6, 6.07) is 1.23. The molecule has 0 aromatic carbocycles. The third-order valence-corrected chi connectivity index (χ3v) is 4.10. The number of hydrogen-bond acceptors (Lipinski definition) is 6. The highest BCUT2D eigenvalue weighted by atomic mass is 32.2. The fourth-order valence-corrected chi connectivity index (χ4v) is 3.18. The fraction of sp³-hybridized carbons (Fsp3) is 0.444. The number of rotatable bonds is 5. The minimum atomic E-state index is -3.79. The van der Waals surface area contributed by atoms with Crippen LogP contribution in [0.2, 0.25) is 0 Å². The Morgan fingerprint density at radius 2 is 2.12 bits per heavy atom. The number of methoxy groups -OCH3 is 1. The Labute approximate surface area is 103 Å². The number of carbonyl (C=O) groups excluding carboxylic acids is 1. The van der Waals surface area contributed by atoms with E-state index in [-0.39, 0.29) is 23.0 Å². The molecular formula is C9H13NO5S2. The number of primary sulfonamides is 1. The highest BCUT2D eigenvalue weighted by Gasteiger charge is 2.19. The van der Waals surface area contributed by atoms with Gasteiger partial charge in [-0.05, 0) is 13.0 Å². The first kappa shape index (κ1) is 14.1. The van der Waals surface area contributed by atoms with Gasteiger partial charge in [-0.3, -0.25) is 0 Å². The van der Waals surface area contributed by atoms with Gasteiger partial charge in [0, 0.05) is 12.0 Å². The number of carbonyl (C=O) groups is 1. The van der Waals surface area contributed by atoms with Gasteiger partial charge in [-0.1, -0.05) is 0 Å². The van der Waals surface area contributed by atoms with E-state index in [2.05, 4.69) is 0 Å². The van der Waals surface area contributed by atoms with E-state index in [1.165, 1.54) is 13.2 Å². The lowest BCUT2D eigenvalue weighted by Gasteiger charge is -2.00. The molecule has 0 radical (unpaired) electrons. The average molecular weight is 279 g/mol. The molecule has 0 aliphatic rings. The molecule has 0 atom stereocenters. The second-order valence-corrected chi connectivity index (χ2v) is 5.99. The van der Waals surface area contributed by atoms with Crippen LogP contribution >= 0.6 is 11.3 Å². The molecule has 0 spiro atoms. The van der Waals surface area contributed by atoms with Crippen LogP contribution in [-0.2, 0) is 19.5 Å². The lowest BCUT2D eigenvalue weighted by Crippen LogP contribution is -2.12. The molecule has 8 heteroatoms. The van der Waals surface area contributed by atoms with Gasteiger partial charge in [0.2, 0.25) is 10.0 Å². The first-order valence-corrected chi connectivity index (χ1v) is 7.02. The molecule has 0 saturated heterocycles. The molecule has 1 aromatic rings. The smallest absolute Gasteiger partial charge is 0.348 e. The number of ether oxygens (including phenoxy) is 2. The van der Waals surface area contributed by atoms with Gasteiger partial charge in [0.05, 0.1) is 11.5 Å². The zero-order valence-electron chi connectivity index (χ0n) is 9.43. The first-order valence-electron chi connectivity index (χ1n) is 4.65. The third-order valence-electron chi connectivity index (χ3n) is 1.90. The Morgan fingerprint density at radius 1 is 1.47 bits per heavy atom. The van der Waals surface area contributed by atoms with E-state index in [0.29, 0.717) is 4.88 Å². The van der Waals surface area contributed by atoms with Crippen molar-refractivity contribution < 1.29 is 22.7 Å². The van der Waals surface area contributed by atoms with Gasteiger partial charge in [-0.2, -0.15) is 0 Å². The zero-order chi connectivity index (χ0) is 13.1. The van der Waals surface area contributed by atoms with Gasteiger partial charge in [0.15, 0.2) is 0 Å². The van der Waals surface area contributed by atoms with Crippen molar-refractivity contribution in [3.63, 3.8) is 0 Å². The van der Waals surface area contributed by atoms with Crippen molar-refractivity contribution in [3.05, 3.63) is 15.8 Å². The summed E-state index contributed by atoms with van der Waals surface area (Å²) in [5, 5.41) is 5.00. The standard InChI is InChI=1S/C9H13NO5S2/c1-6-8(17(10,12)13)5-7(16-6)9(11)15-4-3-14-2/h5H,3-4H2,1-2H3,(H2,10,12,13). The molecule has 0 bridgehead atoms. The van der Waals surface area contributed by atoms with E-state index in [0.717, 1.165) is 11.3 Å². The highest BCUT2D eigenvalue weighted by Crippen LogP contribution is 2.25. The Balaban J connectivity index is 2.83. The molecule has 0 saturated carbocycles. The summed E-state index contributed by atoms with van der Waals surface area (Å²) in [5.41, 5.74) is 0. The van der Waals surface area contributed by atoms with E-state index in [4.69, 9.17) is 14.6 Å². The maximum absolute atomic E-state index is 11.5. The van der Waals surface area contributed by atoms with Crippen LogP contribution in [-0.4, -0.2) is 34.7 Å². The van der Waals surface area contributed by atoms with Crippen LogP contribution in [0.15, 0.2) is 11.0 Å². The molecule has 0 aliphatic carbocycles. The van der Waals surface area contributed by atoms with Crippen LogP contribution in [0.1, 0.15) is 14.5 Å². The molecule has 96 valence electrons. The number of thiophene rings is 1. The molecule has 1 aromatic heterocycles. The molecule has 2 N–H and O–H groups in total. The van der Waals surface area contributed by atoms with Crippen LogP contribution in [0.5, 0.6) is 0 Å². The average Bonchev–Trinajstić information content (AvgIpc) is 2.60. The Hall–Kier alpha value is -0.960. The van der Waals surface area contributed by atoms with Crippen LogP contribution in [0, 0.1) is 6.92 Å². The summed E-state index contributed by atoms with van der Waals surface area (Å²) >= 11 is 1.03. The fourth-order valence-electron chi connectivity index (χ4n) is 1.14. The van der Waals surface area contributed by atoms with Gasteiger partial charge in [0.25, 0.3) is 0 Å². The largest absolute Gasteiger partial charge is 0.459 e. The molecule has 0 aliphatic heterocycles. The quantitative estimate of drug-likeness (QED) is 0.625. The predicted molar refractivity (Wildman–Crippen MR) is 62.6 cm³/mol. The van der Waals surface area contributed by atoms with Crippen molar-refractivity contribution in [2.45, 2.75) is 11.8 Å². The van der Waals surface area contributed by atoms with E-state index in [9.17, 15) is 13.2 Å². The molecule has 0 fully saturated rings. The Bertz CT molecular complexity index is 505. The van der Waals surface area contributed by atoms with E-state index in [1.807, 2.05) is 0 Å². The normalized spacial score (nSPS) is 11.5.